The highest BCUT2D eigenvalue weighted by Crippen LogP contribution is 2.53. The average molecular weight is 556 g/mol. The predicted molar refractivity (Wildman–Crippen MR) is 161 cm³/mol. The molecule has 1 amide bonds. The third kappa shape index (κ3) is 4.23. The fraction of sp³-hybridized carbons (Fsp3) is 0.219. The van der Waals surface area contributed by atoms with E-state index in [1.54, 1.807) is 28.9 Å². The molecule has 1 aliphatic carbocycles. The van der Waals surface area contributed by atoms with Crippen LogP contribution in [0.5, 0.6) is 0 Å². The molecule has 0 atom stereocenters. The molecular weight excluding hydrogens is 526 g/mol. The quantitative estimate of drug-likeness (QED) is 0.269. The van der Waals surface area contributed by atoms with Crippen LogP contribution in [0.4, 0.5) is 11.5 Å². The number of amides is 1. The van der Waals surface area contributed by atoms with Crippen LogP contribution in [0.2, 0.25) is 0 Å². The first-order valence-electron chi connectivity index (χ1n) is 14.0. The lowest BCUT2D eigenvalue weighted by molar-refractivity contribution is 0.0803. The molecule has 0 radical (unpaired) electrons. The molecule has 1 saturated carbocycles. The van der Waals surface area contributed by atoms with Crippen LogP contribution in [0.3, 0.4) is 0 Å². The summed E-state index contributed by atoms with van der Waals surface area (Å²) in [6.45, 7) is 2.55. The van der Waals surface area contributed by atoms with Crippen LogP contribution in [0.15, 0.2) is 85.3 Å². The normalized spacial score (nSPS) is 13.8. The Hall–Kier alpha value is -5.25. The van der Waals surface area contributed by atoms with Crippen molar-refractivity contribution in [2.45, 2.75) is 25.2 Å². The number of aromatic nitrogens is 7. The second kappa shape index (κ2) is 9.99. The third-order valence-corrected chi connectivity index (χ3v) is 8.17. The Morgan fingerprint density at radius 3 is 2.57 bits per heavy atom. The van der Waals surface area contributed by atoms with Gasteiger partial charge in [-0.3, -0.25) is 9.78 Å². The second-order valence-electron chi connectivity index (χ2n) is 10.7. The van der Waals surface area contributed by atoms with Crippen LogP contribution in [-0.2, 0) is 5.41 Å². The molecule has 2 aromatic carbocycles. The monoisotopic (exact) mass is 555 g/mol. The van der Waals surface area contributed by atoms with Crippen molar-refractivity contribution >= 4 is 34.1 Å². The fourth-order valence-electron chi connectivity index (χ4n) is 5.44. The summed E-state index contributed by atoms with van der Waals surface area (Å²) >= 11 is 0. The minimum absolute atomic E-state index is 0.0641. The first-order valence-corrected chi connectivity index (χ1v) is 14.0. The lowest BCUT2D eigenvalue weighted by atomic mass is 9.94. The predicted octanol–water partition coefficient (Wildman–Crippen LogP) is 5.07. The summed E-state index contributed by atoms with van der Waals surface area (Å²) in [5.74, 6) is 1.89. The molecular formula is C32H29N9O. The molecule has 0 N–H and O–H groups in total. The molecule has 0 saturated heterocycles. The van der Waals surface area contributed by atoms with Gasteiger partial charge in [0.1, 0.15) is 11.5 Å². The molecule has 10 nitrogen and oxygen atoms in total. The zero-order chi connectivity index (χ0) is 28.8. The number of carbonyl (C=O) groups excluding carboxylic acids is 1. The lowest BCUT2D eigenvalue weighted by Gasteiger charge is -2.24. The highest BCUT2D eigenvalue weighted by Gasteiger charge is 2.50. The van der Waals surface area contributed by atoms with E-state index in [4.69, 9.17) is 5.10 Å². The van der Waals surface area contributed by atoms with E-state index in [0.29, 0.717) is 23.6 Å². The Balaban J connectivity index is 1.32. The number of hydrogen-bond acceptors (Lipinski definition) is 8. The van der Waals surface area contributed by atoms with Gasteiger partial charge >= 0.3 is 0 Å². The Morgan fingerprint density at radius 2 is 1.79 bits per heavy atom. The van der Waals surface area contributed by atoms with Crippen LogP contribution in [0, 0.1) is 0 Å². The number of anilines is 2. The molecule has 4 heterocycles. The van der Waals surface area contributed by atoms with Crippen molar-refractivity contribution < 1.29 is 4.79 Å². The Bertz CT molecular complexity index is 1950. The standard InChI is InChI=1S/C32H29N9O/c1-4-39(2)29(42)24-12-10-22(19-27(24)40(3)28-9-5-6-16-34-28)26-20-35-31-37-36-30(41(31)38-26)32(14-15-32)23-11-13-25-21(18-23)8-7-17-33-25/h5-13,16-20H,4,14-15H2,1-3H3. The van der Waals surface area contributed by atoms with Gasteiger partial charge in [-0.2, -0.15) is 9.61 Å². The Kier molecular flexibility index (Phi) is 6.11. The van der Waals surface area contributed by atoms with Gasteiger partial charge in [0.25, 0.3) is 11.7 Å². The van der Waals surface area contributed by atoms with Crippen molar-refractivity contribution in [3.63, 3.8) is 0 Å². The van der Waals surface area contributed by atoms with E-state index in [0.717, 1.165) is 46.6 Å². The molecule has 7 rings (SSSR count). The molecule has 0 spiro atoms. The zero-order valence-electron chi connectivity index (χ0n) is 23.6. The number of rotatable bonds is 7. The van der Waals surface area contributed by atoms with Gasteiger partial charge in [0.15, 0.2) is 5.82 Å². The van der Waals surface area contributed by atoms with Gasteiger partial charge < -0.3 is 9.80 Å². The highest BCUT2D eigenvalue weighted by atomic mass is 16.2. The van der Waals surface area contributed by atoms with Crippen LogP contribution < -0.4 is 4.90 Å². The molecule has 10 heteroatoms. The summed E-state index contributed by atoms with van der Waals surface area (Å²) in [6, 6.07) is 21.8. The first-order chi connectivity index (χ1) is 20.5. The number of benzene rings is 2. The van der Waals surface area contributed by atoms with Gasteiger partial charge in [0.05, 0.1) is 28.4 Å². The van der Waals surface area contributed by atoms with Crippen molar-refractivity contribution in [1.29, 1.82) is 0 Å². The number of fused-ring (bicyclic) bond motifs is 2. The molecule has 4 aromatic heterocycles. The van der Waals surface area contributed by atoms with Gasteiger partial charge in [0, 0.05) is 44.0 Å². The van der Waals surface area contributed by atoms with Gasteiger partial charge in [-0.25, -0.2) is 9.97 Å². The van der Waals surface area contributed by atoms with Gasteiger partial charge in [0.2, 0.25) is 0 Å². The largest absolute Gasteiger partial charge is 0.342 e. The number of carbonyl (C=O) groups is 1. The molecule has 208 valence electrons. The summed E-state index contributed by atoms with van der Waals surface area (Å²) in [7, 11) is 3.71. The van der Waals surface area contributed by atoms with E-state index in [1.807, 2.05) is 67.5 Å². The van der Waals surface area contributed by atoms with Crippen molar-refractivity contribution in [3.8, 4) is 11.3 Å². The van der Waals surface area contributed by atoms with Crippen LogP contribution >= 0.6 is 0 Å². The second-order valence-corrected chi connectivity index (χ2v) is 10.7. The first kappa shape index (κ1) is 25.7. The topological polar surface area (TPSA) is 105 Å². The molecule has 42 heavy (non-hydrogen) atoms. The van der Waals surface area contributed by atoms with Crippen molar-refractivity contribution in [3.05, 3.63) is 102 Å². The maximum absolute atomic E-state index is 13.3. The number of hydrogen-bond donors (Lipinski definition) is 0. The zero-order valence-corrected chi connectivity index (χ0v) is 23.6. The van der Waals surface area contributed by atoms with Gasteiger partial charge in [-0.15, -0.1) is 10.2 Å². The summed E-state index contributed by atoms with van der Waals surface area (Å²) in [5, 5.41) is 15.0. The minimum Gasteiger partial charge on any atom is -0.342 e. The molecule has 1 aliphatic rings. The van der Waals surface area contributed by atoms with E-state index in [1.165, 1.54) is 5.56 Å². The minimum atomic E-state index is -0.276. The summed E-state index contributed by atoms with van der Waals surface area (Å²) < 4.78 is 1.77. The number of pyridine rings is 2. The van der Waals surface area contributed by atoms with E-state index >= 15 is 0 Å². The molecule has 0 unspecified atom stereocenters. The van der Waals surface area contributed by atoms with E-state index in [-0.39, 0.29) is 11.3 Å². The molecule has 0 bridgehead atoms. The summed E-state index contributed by atoms with van der Waals surface area (Å²) in [4.78, 5) is 30.5. The summed E-state index contributed by atoms with van der Waals surface area (Å²) in [6.07, 6.45) is 7.15. The van der Waals surface area contributed by atoms with E-state index < -0.39 is 0 Å². The molecule has 6 aromatic rings. The van der Waals surface area contributed by atoms with Crippen LogP contribution in [-0.4, -0.2) is 66.2 Å². The smallest absolute Gasteiger partial charge is 0.271 e. The molecule has 1 fully saturated rings. The van der Waals surface area contributed by atoms with E-state index in [2.05, 4.69) is 49.4 Å². The average Bonchev–Trinajstić information content (AvgIpc) is 3.75. The number of nitrogens with zero attached hydrogens (tertiary/aromatic N) is 9. The van der Waals surface area contributed by atoms with Gasteiger partial charge in [-0.1, -0.05) is 24.3 Å². The molecule has 0 aliphatic heterocycles. The fourth-order valence-corrected chi connectivity index (χ4v) is 5.44. The SMILES string of the molecule is CCN(C)C(=O)c1ccc(-c2cnc3nnc(C4(c5ccc6ncccc6c5)CC4)n3n2)cc1N(C)c1ccccn1. The van der Waals surface area contributed by atoms with E-state index in [9.17, 15) is 4.79 Å². The van der Waals surface area contributed by atoms with Crippen LogP contribution in [0.1, 0.15) is 41.5 Å². The van der Waals surface area contributed by atoms with Crippen molar-refractivity contribution in [1.82, 2.24) is 39.7 Å². The Morgan fingerprint density at radius 1 is 0.929 bits per heavy atom. The van der Waals surface area contributed by atoms with Gasteiger partial charge in [-0.05, 0) is 67.8 Å². The van der Waals surface area contributed by atoms with Crippen molar-refractivity contribution in [2.24, 2.45) is 0 Å². The Labute approximate surface area is 242 Å². The maximum atomic E-state index is 13.3. The maximum Gasteiger partial charge on any atom is 0.271 e. The third-order valence-electron chi connectivity index (χ3n) is 8.17. The highest BCUT2D eigenvalue weighted by molar-refractivity contribution is 6.01. The summed E-state index contributed by atoms with van der Waals surface area (Å²) in [5.41, 5.74) is 4.64. The lowest BCUT2D eigenvalue weighted by Crippen LogP contribution is -2.28. The van der Waals surface area contributed by atoms with Crippen LogP contribution in [0.25, 0.3) is 27.9 Å². The van der Waals surface area contributed by atoms with Crippen molar-refractivity contribution in [2.75, 3.05) is 25.5 Å².